The minimum atomic E-state index is -2.06. The van der Waals surface area contributed by atoms with Crippen molar-refractivity contribution >= 4 is 23.9 Å². The SMILES string of the molecule is CC(=O)OC[C@H]1O[C@H](O)[C@@](CCN=[N+]=[N-])(OC(C)=O)[C@@H](OC(C)=O)[C@@H]1OC(C)=O. The molecule has 1 rings (SSSR count). The molecule has 1 saturated heterocycles. The van der Waals surface area contributed by atoms with Crippen LogP contribution in [-0.2, 0) is 42.9 Å². The van der Waals surface area contributed by atoms with Crippen LogP contribution in [0.15, 0.2) is 5.11 Å². The van der Waals surface area contributed by atoms with Crippen molar-refractivity contribution in [3.8, 4) is 0 Å². The molecule has 0 aliphatic carbocycles. The van der Waals surface area contributed by atoms with E-state index in [1.807, 2.05) is 0 Å². The Morgan fingerprint density at radius 1 is 1.07 bits per heavy atom. The number of carbonyl (C=O) groups is 4. The van der Waals surface area contributed by atoms with Gasteiger partial charge in [-0.15, -0.1) is 0 Å². The number of carbonyl (C=O) groups excluding carboxylic acids is 4. The first-order valence-corrected chi connectivity index (χ1v) is 8.55. The van der Waals surface area contributed by atoms with Crippen molar-refractivity contribution in [3.05, 3.63) is 10.4 Å². The maximum atomic E-state index is 11.7. The van der Waals surface area contributed by atoms with Crippen LogP contribution in [0.25, 0.3) is 10.4 Å². The minimum Gasteiger partial charge on any atom is -0.463 e. The Kier molecular flexibility index (Phi) is 8.83. The highest BCUT2D eigenvalue weighted by Gasteiger charge is 2.61. The molecule has 29 heavy (non-hydrogen) atoms. The van der Waals surface area contributed by atoms with Gasteiger partial charge in [-0.3, -0.25) is 19.2 Å². The number of hydrogen-bond donors (Lipinski definition) is 1. The van der Waals surface area contributed by atoms with Crippen LogP contribution in [0.2, 0.25) is 0 Å². The van der Waals surface area contributed by atoms with Crippen LogP contribution in [0.4, 0.5) is 0 Å². The van der Waals surface area contributed by atoms with E-state index >= 15 is 0 Å². The van der Waals surface area contributed by atoms with Crippen molar-refractivity contribution in [1.82, 2.24) is 0 Å². The second-order valence-corrected chi connectivity index (χ2v) is 6.19. The predicted octanol–water partition coefficient (Wildman–Crippen LogP) is 0.132. The summed E-state index contributed by atoms with van der Waals surface area (Å²) in [5.41, 5.74) is 6.47. The van der Waals surface area contributed by atoms with Gasteiger partial charge in [0.25, 0.3) is 0 Å². The second kappa shape index (κ2) is 10.6. The zero-order valence-electron chi connectivity index (χ0n) is 16.4. The lowest BCUT2D eigenvalue weighted by molar-refractivity contribution is -0.335. The van der Waals surface area contributed by atoms with Crippen LogP contribution in [0.5, 0.6) is 0 Å². The van der Waals surface area contributed by atoms with E-state index < -0.39 is 60.7 Å². The molecule has 0 radical (unpaired) electrons. The van der Waals surface area contributed by atoms with E-state index in [0.717, 1.165) is 27.7 Å². The number of hydrogen-bond acceptors (Lipinski definition) is 11. The lowest BCUT2D eigenvalue weighted by Crippen LogP contribution is -2.70. The summed E-state index contributed by atoms with van der Waals surface area (Å²) in [6, 6.07) is 0. The van der Waals surface area contributed by atoms with Crippen LogP contribution in [0.1, 0.15) is 34.1 Å². The number of rotatable bonds is 8. The normalized spacial score (nSPS) is 28.4. The zero-order chi connectivity index (χ0) is 22.2. The molecule has 0 aromatic rings. The Morgan fingerprint density at radius 2 is 1.69 bits per heavy atom. The molecule has 0 aromatic heterocycles. The standard InChI is InChI=1S/C16H23N3O10/c1-8(20)25-7-12-13(26-9(2)21)14(27-10(3)22)16(15(24)28-12,29-11(4)23)5-6-18-19-17/h12-15,24H,5-7H2,1-4H3/t12-,13-,14+,15+,16+/m1/s1. The Balaban J connectivity index is 3.46. The van der Waals surface area contributed by atoms with Crippen molar-refractivity contribution in [2.75, 3.05) is 13.2 Å². The van der Waals surface area contributed by atoms with E-state index in [4.69, 9.17) is 29.2 Å². The fraction of sp³-hybridized carbons (Fsp3) is 0.750. The van der Waals surface area contributed by atoms with Gasteiger partial charge in [0.05, 0.1) is 0 Å². The highest BCUT2D eigenvalue weighted by Crippen LogP contribution is 2.39. The Hall–Kier alpha value is -2.89. The topological polar surface area (TPSA) is 183 Å². The highest BCUT2D eigenvalue weighted by atomic mass is 16.7. The van der Waals surface area contributed by atoms with Gasteiger partial charge in [0.2, 0.25) is 5.60 Å². The van der Waals surface area contributed by atoms with Crippen LogP contribution >= 0.6 is 0 Å². The Bertz CT molecular complexity index is 692. The molecule has 0 bridgehead atoms. The third-order valence-corrected chi connectivity index (χ3v) is 3.91. The van der Waals surface area contributed by atoms with Gasteiger partial charge in [-0.1, -0.05) is 5.11 Å². The Morgan fingerprint density at radius 3 is 2.17 bits per heavy atom. The van der Waals surface area contributed by atoms with Gasteiger partial charge < -0.3 is 28.8 Å². The first kappa shape index (κ1) is 24.1. The molecule has 5 atom stereocenters. The number of aliphatic hydroxyl groups excluding tert-OH is 1. The molecule has 13 nitrogen and oxygen atoms in total. The lowest BCUT2D eigenvalue weighted by atomic mass is 9.83. The number of esters is 4. The Labute approximate surface area is 165 Å². The van der Waals surface area contributed by atoms with Crippen LogP contribution < -0.4 is 0 Å². The van der Waals surface area contributed by atoms with Crippen LogP contribution in [0, 0.1) is 0 Å². The van der Waals surface area contributed by atoms with E-state index in [1.54, 1.807) is 0 Å². The summed E-state index contributed by atoms with van der Waals surface area (Å²) in [5.74, 6) is -3.18. The fourth-order valence-corrected chi connectivity index (χ4v) is 2.94. The third kappa shape index (κ3) is 6.59. The van der Waals surface area contributed by atoms with Crippen LogP contribution in [-0.4, -0.2) is 72.3 Å². The molecule has 13 heteroatoms. The average Bonchev–Trinajstić information content (AvgIpc) is 2.58. The maximum absolute atomic E-state index is 11.7. The second-order valence-electron chi connectivity index (χ2n) is 6.19. The molecule has 0 spiro atoms. The van der Waals surface area contributed by atoms with Gasteiger partial charge in [-0.2, -0.15) is 0 Å². The molecule has 0 aromatic carbocycles. The average molecular weight is 417 g/mol. The highest BCUT2D eigenvalue weighted by molar-refractivity contribution is 5.69. The van der Waals surface area contributed by atoms with E-state index in [0.29, 0.717) is 0 Å². The van der Waals surface area contributed by atoms with Gasteiger partial charge >= 0.3 is 23.9 Å². The molecule has 0 amide bonds. The number of azide groups is 1. The molecule has 1 heterocycles. The van der Waals surface area contributed by atoms with E-state index in [1.165, 1.54) is 0 Å². The van der Waals surface area contributed by atoms with Gasteiger partial charge in [-0.05, 0) is 5.53 Å². The summed E-state index contributed by atoms with van der Waals surface area (Å²) in [4.78, 5) is 48.9. The first-order valence-electron chi connectivity index (χ1n) is 8.55. The zero-order valence-corrected chi connectivity index (χ0v) is 16.4. The fourth-order valence-electron chi connectivity index (χ4n) is 2.94. The summed E-state index contributed by atoms with van der Waals surface area (Å²) in [7, 11) is 0. The van der Waals surface area contributed by atoms with Gasteiger partial charge in [0, 0.05) is 45.6 Å². The number of ether oxygens (including phenoxy) is 5. The molecular weight excluding hydrogens is 394 g/mol. The summed E-state index contributed by atoms with van der Waals surface area (Å²) < 4.78 is 26.0. The van der Waals surface area contributed by atoms with Crippen molar-refractivity contribution < 1.29 is 48.0 Å². The number of aliphatic hydroxyl groups is 1. The molecule has 1 aliphatic heterocycles. The van der Waals surface area contributed by atoms with Crippen LogP contribution in [0.3, 0.4) is 0 Å². The van der Waals surface area contributed by atoms with Gasteiger partial charge in [0.1, 0.15) is 12.7 Å². The first-order chi connectivity index (χ1) is 13.5. The van der Waals surface area contributed by atoms with Crippen molar-refractivity contribution in [1.29, 1.82) is 0 Å². The molecule has 0 saturated carbocycles. The largest absolute Gasteiger partial charge is 0.463 e. The summed E-state index contributed by atoms with van der Waals surface area (Å²) in [6.07, 6.45) is -6.42. The molecule has 1 N–H and O–H groups in total. The molecule has 1 fully saturated rings. The summed E-state index contributed by atoms with van der Waals surface area (Å²) >= 11 is 0. The van der Waals surface area contributed by atoms with Gasteiger partial charge in [-0.25, -0.2) is 0 Å². The third-order valence-electron chi connectivity index (χ3n) is 3.91. The number of nitrogens with zero attached hydrogens (tertiary/aromatic N) is 3. The summed E-state index contributed by atoms with van der Waals surface area (Å²) in [6.45, 7) is 3.58. The minimum absolute atomic E-state index is 0.274. The quantitative estimate of drug-likeness (QED) is 0.187. The maximum Gasteiger partial charge on any atom is 0.303 e. The predicted molar refractivity (Wildman–Crippen MR) is 91.7 cm³/mol. The van der Waals surface area contributed by atoms with Gasteiger partial charge in [0.15, 0.2) is 18.5 Å². The van der Waals surface area contributed by atoms with Crippen molar-refractivity contribution in [3.63, 3.8) is 0 Å². The molecule has 0 unspecified atom stereocenters. The van der Waals surface area contributed by atoms with Crippen molar-refractivity contribution in [2.45, 2.75) is 64.3 Å². The smallest absolute Gasteiger partial charge is 0.303 e. The molecule has 162 valence electrons. The van der Waals surface area contributed by atoms with E-state index in [-0.39, 0.29) is 13.0 Å². The molecule has 1 aliphatic rings. The van der Waals surface area contributed by atoms with E-state index in [2.05, 4.69) is 10.0 Å². The molecular formula is C16H23N3O10. The van der Waals surface area contributed by atoms with Crippen molar-refractivity contribution in [2.24, 2.45) is 5.11 Å². The van der Waals surface area contributed by atoms with E-state index in [9.17, 15) is 24.3 Å². The summed E-state index contributed by atoms with van der Waals surface area (Å²) in [5, 5.41) is 14.0. The lowest BCUT2D eigenvalue weighted by Gasteiger charge is -2.50. The monoisotopic (exact) mass is 417 g/mol.